The van der Waals surface area contributed by atoms with E-state index in [-0.39, 0.29) is 5.91 Å². The molecule has 1 aromatic heterocycles. The second-order valence-electron chi connectivity index (χ2n) is 4.88. The fourth-order valence-corrected chi connectivity index (χ4v) is 3.03. The van der Waals surface area contributed by atoms with Gasteiger partial charge in [-0.25, -0.2) is 0 Å². The van der Waals surface area contributed by atoms with E-state index in [0.29, 0.717) is 17.0 Å². The van der Waals surface area contributed by atoms with Gasteiger partial charge in [0.2, 0.25) is 5.91 Å². The van der Waals surface area contributed by atoms with Crippen LogP contribution in [0.2, 0.25) is 0 Å². The predicted molar refractivity (Wildman–Crippen MR) is 85.3 cm³/mol. The highest BCUT2D eigenvalue weighted by Gasteiger charge is 2.19. The summed E-state index contributed by atoms with van der Waals surface area (Å²) < 4.78 is 0. The number of carbonyl (C=O) groups is 1. The van der Waals surface area contributed by atoms with E-state index >= 15 is 0 Å². The van der Waals surface area contributed by atoms with Crippen molar-refractivity contribution >= 4 is 22.2 Å². The molecule has 0 aliphatic carbocycles. The van der Waals surface area contributed by atoms with Crippen LogP contribution in [0.25, 0.3) is 0 Å². The molecule has 5 heteroatoms. The maximum atomic E-state index is 12.2. The molecular formula is C16H17N3OS. The quantitative estimate of drug-likeness (QED) is 0.911. The Morgan fingerprint density at radius 2 is 2.05 bits per heavy atom. The molecule has 0 aliphatic rings. The third kappa shape index (κ3) is 3.48. The van der Waals surface area contributed by atoms with Crippen molar-refractivity contribution in [2.75, 3.05) is 5.32 Å². The normalized spacial score (nSPS) is 11.7. The number of aryl methyl sites for hydroxylation is 1. The summed E-state index contributed by atoms with van der Waals surface area (Å²) >= 11 is 1.41. The third-order valence-corrected chi connectivity index (χ3v) is 4.49. The molecule has 0 radical (unpaired) electrons. The molecule has 2 rings (SSSR count). The molecule has 4 nitrogen and oxygen atoms in total. The van der Waals surface area contributed by atoms with Gasteiger partial charge in [0, 0.05) is 4.88 Å². The fraction of sp³-hybridized carbons (Fsp3) is 0.250. The van der Waals surface area contributed by atoms with Crippen molar-refractivity contribution in [3.8, 4) is 6.07 Å². The molecule has 21 heavy (non-hydrogen) atoms. The number of hydrogen-bond donors (Lipinski definition) is 2. The lowest BCUT2D eigenvalue weighted by Gasteiger charge is -2.11. The number of benzene rings is 1. The lowest BCUT2D eigenvalue weighted by atomic mass is 10.1. The average Bonchev–Trinajstić information content (AvgIpc) is 2.74. The van der Waals surface area contributed by atoms with Crippen LogP contribution < -0.4 is 11.1 Å². The molecule has 0 saturated heterocycles. The zero-order valence-electron chi connectivity index (χ0n) is 12.0. The van der Waals surface area contributed by atoms with E-state index in [2.05, 4.69) is 11.4 Å². The zero-order chi connectivity index (χ0) is 15.4. The Labute approximate surface area is 128 Å². The van der Waals surface area contributed by atoms with Crippen molar-refractivity contribution in [1.82, 2.24) is 0 Å². The van der Waals surface area contributed by atoms with Gasteiger partial charge >= 0.3 is 0 Å². The van der Waals surface area contributed by atoms with Crippen LogP contribution >= 0.6 is 11.3 Å². The van der Waals surface area contributed by atoms with Crippen LogP contribution in [0.5, 0.6) is 0 Å². The van der Waals surface area contributed by atoms with Gasteiger partial charge in [0.1, 0.15) is 11.1 Å². The number of nitrogens with two attached hydrogens (primary N) is 1. The first-order chi connectivity index (χ1) is 10.0. The van der Waals surface area contributed by atoms with Crippen LogP contribution in [0.15, 0.2) is 30.3 Å². The summed E-state index contributed by atoms with van der Waals surface area (Å²) in [4.78, 5) is 13.2. The SMILES string of the molecule is Cc1sc(NC(=O)[C@@H](N)Cc2ccccc2)c(C#N)c1C. The molecule has 108 valence electrons. The van der Waals surface area contributed by atoms with Crippen molar-refractivity contribution in [2.45, 2.75) is 26.3 Å². The highest BCUT2D eigenvalue weighted by atomic mass is 32.1. The van der Waals surface area contributed by atoms with E-state index in [1.807, 2.05) is 44.2 Å². The Bertz CT molecular complexity index is 686. The van der Waals surface area contributed by atoms with Gasteiger partial charge in [0.15, 0.2) is 0 Å². The Kier molecular flexibility index (Phi) is 4.73. The average molecular weight is 299 g/mol. The molecule has 0 unspecified atom stereocenters. The van der Waals surface area contributed by atoms with E-state index < -0.39 is 6.04 Å². The summed E-state index contributed by atoms with van der Waals surface area (Å²) in [6, 6.07) is 11.1. The number of hydrogen-bond acceptors (Lipinski definition) is 4. The number of anilines is 1. The second kappa shape index (κ2) is 6.53. The highest BCUT2D eigenvalue weighted by molar-refractivity contribution is 7.16. The molecule has 1 atom stereocenters. The summed E-state index contributed by atoms with van der Waals surface area (Å²) in [5, 5.41) is 12.5. The summed E-state index contributed by atoms with van der Waals surface area (Å²) in [5.41, 5.74) is 8.39. The molecule has 1 amide bonds. The number of thiophene rings is 1. The molecule has 0 saturated carbocycles. The van der Waals surface area contributed by atoms with Crippen LogP contribution in [0.3, 0.4) is 0 Å². The van der Waals surface area contributed by atoms with Gasteiger partial charge in [-0.1, -0.05) is 30.3 Å². The van der Waals surface area contributed by atoms with E-state index in [1.54, 1.807) is 0 Å². The maximum Gasteiger partial charge on any atom is 0.242 e. The number of nitrogens with zero attached hydrogens (tertiary/aromatic N) is 1. The van der Waals surface area contributed by atoms with Crippen LogP contribution in [0.4, 0.5) is 5.00 Å². The minimum Gasteiger partial charge on any atom is -0.320 e. The van der Waals surface area contributed by atoms with Gasteiger partial charge in [0.05, 0.1) is 11.6 Å². The lowest BCUT2D eigenvalue weighted by Crippen LogP contribution is -2.37. The van der Waals surface area contributed by atoms with Crippen molar-refractivity contribution in [1.29, 1.82) is 5.26 Å². The topological polar surface area (TPSA) is 78.9 Å². The predicted octanol–water partition coefficient (Wildman–Crippen LogP) is 2.75. The minimum atomic E-state index is -0.637. The van der Waals surface area contributed by atoms with Crippen molar-refractivity contribution in [2.24, 2.45) is 5.73 Å². The van der Waals surface area contributed by atoms with Gasteiger partial charge in [0.25, 0.3) is 0 Å². The van der Waals surface area contributed by atoms with Crippen molar-refractivity contribution in [3.05, 3.63) is 51.9 Å². The smallest absolute Gasteiger partial charge is 0.242 e. The van der Waals surface area contributed by atoms with Crippen LogP contribution in [0, 0.1) is 25.2 Å². The van der Waals surface area contributed by atoms with E-state index in [1.165, 1.54) is 11.3 Å². The first-order valence-electron chi connectivity index (χ1n) is 6.63. The summed E-state index contributed by atoms with van der Waals surface area (Å²) in [5.74, 6) is -0.267. The van der Waals surface area contributed by atoms with Crippen LogP contribution in [0.1, 0.15) is 21.6 Å². The summed E-state index contributed by atoms with van der Waals surface area (Å²) in [7, 11) is 0. The third-order valence-electron chi connectivity index (χ3n) is 3.37. The minimum absolute atomic E-state index is 0.267. The van der Waals surface area contributed by atoms with E-state index in [4.69, 9.17) is 5.73 Å². The molecule has 0 spiro atoms. The maximum absolute atomic E-state index is 12.2. The molecule has 1 aromatic carbocycles. The molecule has 0 aliphatic heterocycles. The number of nitrogens with one attached hydrogen (secondary N) is 1. The monoisotopic (exact) mass is 299 g/mol. The molecule has 3 N–H and O–H groups in total. The van der Waals surface area contributed by atoms with Crippen LogP contribution in [-0.2, 0) is 11.2 Å². The van der Waals surface area contributed by atoms with Crippen LogP contribution in [-0.4, -0.2) is 11.9 Å². The van der Waals surface area contributed by atoms with Gasteiger partial charge in [-0.05, 0) is 31.4 Å². The number of nitriles is 1. The number of carbonyl (C=O) groups excluding carboxylic acids is 1. The molecule has 2 aromatic rings. The van der Waals surface area contributed by atoms with E-state index in [9.17, 15) is 10.1 Å². The number of amides is 1. The molecule has 1 heterocycles. The lowest BCUT2D eigenvalue weighted by molar-refractivity contribution is -0.117. The molecule has 0 fully saturated rings. The van der Waals surface area contributed by atoms with Gasteiger partial charge in [-0.3, -0.25) is 4.79 Å². The van der Waals surface area contributed by atoms with Crippen molar-refractivity contribution in [3.63, 3.8) is 0 Å². The van der Waals surface area contributed by atoms with Gasteiger partial charge in [-0.2, -0.15) is 5.26 Å². The Hall–Kier alpha value is -2.16. The summed E-state index contributed by atoms with van der Waals surface area (Å²) in [6.45, 7) is 3.81. The van der Waals surface area contributed by atoms with Gasteiger partial charge < -0.3 is 11.1 Å². The Morgan fingerprint density at radius 1 is 1.38 bits per heavy atom. The largest absolute Gasteiger partial charge is 0.320 e. The second-order valence-corrected chi connectivity index (χ2v) is 6.11. The standard InChI is InChI=1S/C16H17N3OS/c1-10-11(2)21-16(13(10)9-17)19-15(20)14(18)8-12-6-4-3-5-7-12/h3-7,14H,8,18H2,1-2H3,(H,19,20)/t14-/m0/s1. The first kappa shape index (κ1) is 15.2. The first-order valence-corrected chi connectivity index (χ1v) is 7.45. The fourth-order valence-electron chi connectivity index (χ4n) is 2.01. The summed E-state index contributed by atoms with van der Waals surface area (Å²) in [6.07, 6.45) is 0.470. The van der Waals surface area contributed by atoms with Crippen molar-refractivity contribution < 1.29 is 4.79 Å². The van der Waals surface area contributed by atoms with Gasteiger partial charge in [-0.15, -0.1) is 11.3 Å². The highest BCUT2D eigenvalue weighted by Crippen LogP contribution is 2.31. The zero-order valence-corrected chi connectivity index (χ0v) is 12.8. The Balaban J connectivity index is 2.08. The van der Waals surface area contributed by atoms with E-state index in [0.717, 1.165) is 16.0 Å². The molecular weight excluding hydrogens is 282 g/mol. The number of rotatable bonds is 4. The molecule has 0 bridgehead atoms. The Morgan fingerprint density at radius 3 is 2.67 bits per heavy atom.